The van der Waals surface area contributed by atoms with Gasteiger partial charge in [-0.2, -0.15) is 0 Å². The number of aromatic hydroxyl groups is 1. The summed E-state index contributed by atoms with van der Waals surface area (Å²) in [5.41, 5.74) is 0. The normalized spacial score (nSPS) is 10.2. The predicted molar refractivity (Wildman–Crippen MR) is 51.8 cm³/mol. The molecule has 13 heavy (non-hydrogen) atoms. The fourth-order valence-corrected chi connectivity index (χ4v) is 1.53. The second kappa shape index (κ2) is 5.85. The Morgan fingerprint density at radius 3 is 2.62 bits per heavy atom. The Morgan fingerprint density at radius 1 is 1.31 bits per heavy atom. The molecule has 0 heterocycles. The summed E-state index contributed by atoms with van der Waals surface area (Å²) in [5, 5.41) is 9.01. The molecule has 0 aliphatic heterocycles. The van der Waals surface area contributed by atoms with Gasteiger partial charge in [0.05, 0.1) is 13.7 Å². The lowest BCUT2D eigenvalue weighted by Crippen LogP contribution is -1.94. The smallest absolute Gasteiger partial charge is 0.115 e. The molecule has 0 fully saturated rings. The standard InChI is InChI=1S/C9H12O3S/c1-11-12-6-7-13-9-4-2-8(10)3-5-9/h2-5,10H,6-7H2,1H3. The Bertz CT molecular complexity index is 235. The zero-order valence-electron chi connectivity index (χ0n) is 7.40. The van der Waals surface area contributed by atoms with Gasteiger partial charge in [-0.3, -0.25) is 0 Å². The van der Waals surface area contributed by atoms with Crippen molar-refractivity contribution in [3.05, 3.63) is 24.3 Å². The van der Waals surface area contributed by atoms with E-state index in [4.69, 9.17) is 9.99 Å². The predicted octanol–water partition coefficient (Wildman–Crippen LogP) is 2.06. The molecule has 0 unspecified atom stereocenters. The monoisotopic (exact) mass is 200 g/mol. The fourth-order valence-electron chi connectivity index (χ4n) is 0.819. The van der Waals surface area contributed by atoms with Crippen LogP contribution in [0.2, 0.25) is 0 Å². The summed E-state index contributed by atoms with van der Waals surface area (Å²) in [6, 6.07) is 7.07. The van der Waals surface area contributed by atoms with Gasteiger partial charge in [0.2, 0.25) is 0 Å². The van der Waals surface area contributed by atoms with Crippen LogP contribution in [0.5, 0.6) is 5.75 Å². The first-order valence-electron chi connectivity index (χ1n) is 3.90. The molecule has 3 nitrogen and oxygen atoms in total. The SMILES string of the molecule is COOCCSc1ccc(O)cc1. The maximum absolute atomic E-state index is 9.01. The first kappa shape index (κ1) is 10.4. The molecule has 0 saturated carbocycles. The number of phenols is 1. The Balaban J connectivity index is 2.25. The summed E-state index contributed by atoms with van der Waals surface area (Å²) in [6.45, 7) is 0.558. The summed E-state index contributed by atoms with van der Waals surface area (Å²) in [6.07, 6.45) is 0. The van der Waals surface area contributed by atoms with Crippen LogP contribution < -0.4 is 0 Å². The first-order chi connectivity index (χ1) is 6.33. The van der Waals surface area contributed by atoms with E-state index in [1.807, 2.05) is 12.1 Å². The van der Waals surface area contributed by atoms with Gasteiger partial charge >= 0.3 is 0 Å². The van der Waals surface area contributed by atoms with Crippen molar-refractivity contribution in [2.24, 2.45) is 0 Å². The molecule has 72 valence electrons. The molecule has 1 aromatic carbocycles. The van der Waals surface area contributed by atoms with Crippen molar-refractivity contribution < 1.29 is 14.9 Å². The van der Waals surface area contributed by atoms with Crippen LogP contribution in [-0.4, -0.2) is 24.6 Å². The highest BCUT2D eigenvalue weighted by Crippen LogP contribution is 2.20. The number of thioether (sulfide) groups is 1. The average Bonchev–Trinajstić information content (AvgIpc) is 2.15. The van der Waals surface area contributed by atoms with Gasteiger partial charge < -0.3 is 5.11 Å². The second-order valence-electron chi connectivity index (χ2n) is 2.33. The molecule has 0 radical (unpaired) electrons. The van der Waals surface area contributed by atoms with Gasteiger partial charge in [0.25, 0.3) is 0 Å². The average molecular weight is 200 g/mol. The van der Waals surface area contributed by atoms with E-state index in [9.17, 15) is 0 Å². The Labute approximate surface area is 81.6 Å². The Hall–Kier alpha value is -0.710. The van der Waals surface area contributed by atoms with Crippen molar-refractivity contribution in [3.63, 3.8) is 0 Å². The van der Waals surface area contributed by atoms with Crippen molar-refractivity contribution in [3.8, 4) is 5.75 Å². The van der Waals surface area contributed by atoms with E-state index < -0.39 is 0 Å². The third-order valence-electron chi connectivity index (χ3n) is 1.39. The summed E-state index contributed by atoms with van der Waals surface area (Å²) in [5.74, 6) is 1.12. The molecule has 1 N–H and O–H groups in total. The molecule has 0 aromatic heterocycles. The lowest BCUT2D eigenvalue weighted by Gasteiger charge is -2.00. The van der Waals surface area contributed by atoms with Gasteiger partial charge in [0, 0.05) is 10.6 Å². The van der Waals surface area contributed by atoms with E-state index in [1.165, 1.54) is 7.11 Å². The molecular formula is C9H12O3S. The van der Waals surface area contributed by atoms with E-state index in [0.717, 1.165) is 10.6 Å². The Morgan fingerprint density at radius 2 is 2.00 bits per heavy atom. The third kappa shape index (κ3) is 4.17. The van der Waals surface area contributed by atoms with Crippen molar-refractivity contribution in [1.29, 1.82) is 0 Å². The minimum atomic E-state index is 0.289. The quantitative estimate of drug-likeness (QED) is 0.342. The van der Waals surface area contributed by atoms with Crippen LogP contribution in [0.1, 0.15) is 0 Å². The molecule has 0 amide bonds. The van der Waals surface area contributed by atoms with E-state index >= 15 is 0 Å². The summed E-state index contributed by atoms with van der Waals surface area (Å²) < 4.78 is 0. The topological polar surface area (TPSA) is 38.7 Å². The van der Waals surface area contributed by atoms with Crippen LogP contribution in [0.4, 0.5) is 0 Å². The van der Waals surface area contributed by atoms with E-state index in [2.05, 4.69) is 4.89 Å². The van der Waals surface area contributed by atoms with Crippen molar-refractivity contribution in [1.82, 2.24) is 0 Å². The number of benzene rings is 1. The molecule has 0 aliphatic carbocycles. The van der Waals surface area contributed by atoms with E-state index in [1.54, 1.807) is 23.9 Å². The Kier molecular flexibility index (Phi) is 4.67. The fraction of sp³-hybridized carbons (Fsp3) is 0.333. The van der Waals surface area contributed by atoms with Crippen LogP contribution in [-0.2, 0) is 9.78 Å². The molecule has 0 bridgehead atoms. The molecule has 1 aromatic rings. The minimum absolute atomic E-state index is 0.289. The van der Waals surface area contributed by atoms with Crippen LogP contribution in [0.15, 0.2) is 29.2 Å². The first-order valence-corrected chi connectivity index (χ1v) is 4.89. The van der Waals surface area contributed by atoms with Gasteiger partial charge in [0.1, 0.15) is 5.75 Å². The molecule has 0 saturated heterocycles. The number of phenolic OH excluding ortho intramolecular Hbond substituents is 1. The largest absolute Gasteiger partial charge is 0.508 e. The number of rotatable bonds is 5. The zero-order chi connectivity index (χ0) is 9.52. The maximum atomic E-state index is 9.01. The van der Waals surface area contributed by atoms with Crippen LogP contribution >= 0.6 is 11.8 Å². The number of hydrogen-bond donors (Lipinski definition) is 1. The molecule has 0 atom stereocenters. The van der Waals surface area contributed by atoms with E-state index in [0.29, 0.717) is 6.61 Å². The highest BCUT2D eigenvalue weighted by atomic mass is 32.2. The maximum Gasteiger partial charge on any atom is 0.115 e. The highest BCUT2D eigenvalue weighted by Gasteiger charge is 1.94. The summed E-state index contributed by atoms with van der Waals surface area (Å²) in [4.78, 5) is 10.3. The van der Waals surface area contributed by atoms with Crippen LogP contribution in [0, 0.1) is 0 Å². The molecule has 0 spiro atoms. The van der Waals surface area contributed by atoms with Gasteiger partial charge in [-0.05, 0) is 24.3 Å². The van der Waals surface area contributed by atoms with Crippen LogP contribution in [0.25, 0.3) is 0 Å². The van der Waals surface area contributed by atoms with Crippen molar-refractivity contribution in [2.75, 3.05) is 19.5 Å². The van der Waals surface area contributed by atoms with E-state index in [-0.39, 0.29) is 5.75 Å². The van der Waals surface area contributed by atoms with Crippen molar-refractivity contribution in [2.45, 2.75) is 4.90 Å². The summed E-state index contributed by atoms with van der Waals surface area (Å²) >= 11 is 1.65. The minimum Gasteiger partial charge on any atom is -0.508 e. The van der Waals surface area contributed by atoms with Gasteiger partial charge in [0.15, 0.2) is 0 Å². The molecular weight excluding hydrogens is 188 g/mol. The molecule has 4 heteroatoms. The summed E-state index contributed by atoms with van der Waals surface area (Å²) in [7, 11) is 1.49. The van der Waals surface area contributed by atoms with Crippen molar-refractivity contribution >= 4 is 11.8 Å². The zero-order valence-corrected chi connectivity index (χ0v) is 8.21. The third-order valence-corrected chi connectivity index (χ3v) is 2.37. The highest BCUT2D eigenvalue weighted by molar-refractivity contribution is 7.99. The lowest BCUT2D eigenvalue weighted by atomic mass is 10.3. The van der Waals surface area contributed by atoms with Gasteiger partial charge in [-0.1, -0.05) is 0 Å². The molecule has 1 rings (SSSR count). The van der Waals surface area contributed by atoms with Crippen LogP contribution in [0.3, 0.4) is 0 Å². The van der Waals surface area contributed by atoms with Gasteiger partial charge in [-0.15, -0.1) is 11.8 Å². The lowest BCUT2D eigenvalue weighted by molar-refractivity contribution is -0.267. The number of hydrogen-bond acceptors (Lipinski definition) is 4. The van der Waals surface area contributed by atoms with Gasteiger partial charge in [-0.25, -0.2) is 9.78 Å². The second-order valence-corrected chi connectivity index (χ2v) is 3.50. The molecule has 0 aliphatic rings.